The minimum Gasteiger partial charge on any atom is -0.354 e. The molecule has 1 aliphatic rings. The number of hydrogen-bond donors (Lipinski definition) is 2. The van der Waals surface area contributed by atoms with E-state index in [9.17, 15) is 4.79 Å². The highest BCUT2D eigenvalue weighted by molar-refractivity contribution is 5.92. The first-order valence-corrected chi connectivity index (χ1v) is 7.84. The fourth-order valence-electron chi connectivity index (χ4n) is 3.14. The Hall–Kier alpha value is -2.28. The van der Waals surface area contributed by atoms with Gasteiger partial charge < -0.3 is 10.3 Å². The Labute approximate surface area is 135 Å². The van der Waals surface area contributed by atoms with Crippen LogP contribution in [-0.2, 0) is 12.1 Å². The predicted octanol–water partition coefficient (Wildman–Crippen LogP) is 1.38. The fraction of sp³-hybridized carbons (Fsp3) is 0.500. The summed E-state index contributed by atoms with van der Waals surface area (Å²) in [6.07, 6.45) is 5.62. The molecule has 0 bridgehead atoms. The lowest BCUT2D eigenvalue weighted by Crippen LogP contribution is -2.40. The molecular weight excluding hydrogens is 292 g/mol. The van der Waals surface area contributed by atoms with E-state index >= 15 is 0 Å². The Morgan fingerprint density at radius 3 is 3.00 bits per heavy atom. The van der Waals surface area contributed by atoms with Gasteiger partial charge >= 0.3 is 0 Å². The molecule has 0 unspecified atom stereocenters. The Kier molecular flexibility index (Phi) is 4.12. The summed E-state index contributed by atoms with van der Waals surface area (Å²) >= 11 is 0. The third-order valence-corrected chi connectivity index (χ3v) is 4.48. The van der Waals surface area contributed by atoms with Crippen molar-refractivity contribution < 1.29 is 4.79 Å². The topological polar surface area (TPSA) is 86.8 Å². The van der Waals surface area contributed by atoms with Gasteiger partial charge in [0.2, 0.25) is 0 Å². The summed E-state index contributed by atoms with van der Waals surface area (Å²) in [6, 6.07) is 1.72. The van der Waals surface area contributed by atoms with Crippen molar-refractivity contribution in [3.05, 3.63) is 41.5 Å². The van der Waals surface area contributed by atoms with Gasteiger partial charge in [-0.2, -0.15) is 0 Å². The lowest BCUT2D eigenvalue weighted by molar-refractivity contribution is 0.0954. The van der Waals surface area contributed by atoms with Crippen LogP contribution in [0.15, 0.2) is 18.5 Å². The highest BCUT2D eigenvalue weighted by Gasteiger charge is 2.41. The van der Waals surface area contributed by atoms with Crippen LogP contribution in [0.1, 0.15) is 47.6 Å². The number of aromatic amines is 1. The average molecular weight is 314 g/mol. The molecule has 0 aliphatic carbocycles. The number of H-pyrrole nitrogens is 1. The number of nitrogens with one attached hydrogen (secondary N) is 2. The van der Waals surface area contributed by atoms with E-state index in [0.29, 0.717) is 11.5 Å². The summed E-state index contributed by atoms with van der Waals surface area (Å²) in [5.41, 5.74) is 0.933. The van der Waals surface area contributed by atoms with Crippen molar-refractivity contribution in [2.75, 3.05) is 13.6 Å². The van der Waals surface area contributed by atoms with Crippen molar-refractivity contribution in [3.8, 4) is 0 Å². The zero-order chi connectivity index (χ0) is 16.4. The maximum Gasteiger partial charge on any atom is 0.269 e. The predicted molar refractivity (Wildman–Crippen MR) is 85.7 cm³/mol. The molecule has 122 valence electrons. The summed E-state index contributed by atoms with van der Waals surface area (Å²) in [4.78, 5) is 30.9. The average Bonchev–Trinajstić information content (AvgIpc) is 3.17. The third kappa shape index (κ3) is 2.96. The Morgan fingerprint density at radius 2 is 2.30 bits per heavy atom. The highest BCUT2D eigenvalue weighted by atomic mass is 16.1. The summed E-state index contributed by atoms with van der Waals surface area (Å²) in [6.45, 7) is 5.72. The first-order valence-electron chi connectivity index (χ1n) is 7.84. The number of hydrogen-bond acceptors (Lipinski definition) is 5. The zero-order valence-electron chi connectivity index (χ0n) is 13.8. The number of imidazole rings is 1. The monoisotopic (exact) mass is 314 g/mol. The molecule has 7 heteroatoms. The van der Waals surface area contributed by atoms with Crippen LogP contribution in [0.5, 0.6) is 0 Å². The van der Waals surface area contributed by atoms with Crippen LogP contribution in [0, 0.1) is 6.92 Å². The number of aromatic nitrogens is 4. The van der Waals surface area contributed by atoms with Crippen LogP contribution in [0.25, 0.3) is 0 Å². The molecule has 0 aromatic carbocycles. The second-order valence-corrected chi connectivity index (χ2v) is 6.13. The molecule has 0 spiro atoms. The molecule has 2 aromatic rings. The van der Waals surface area contributed by atoms with E-state index in [4.69, 9.17) is 0 Å². The zero-order valence-corrected chi connectivity index (χ0v) is 13.8. The van der Waals surface area contributed by atoms with Crippen molar-refractivity contribution in [2.45, 2.75) is 38.8 Å². The summed E-state index contributed by atoms with van der Waals surface area (Å²) < 4.78 is 0. The van der Waals surface area contributed by atoms with E-state index in [0.717, 1.165) is 37.4 Å². The minimum atomic E-state index is -0.290. The van der Waals surface area contributed by atoms with Crippen molar-refractivity contribution in [1.29, 1.82) is 0 Å². The van der Waals surface area contributed by atoms with Gasteiger partial charge in [-0.05, 0) is 39.3 Å². The first-order chi connectivity index (χ1) is 11.0. The number of likely N-dealkylation sites (tertiary alicyclic amines) is 1. The lowest BCUT2D eigenvalue weighted by atomic mass is 9.97. The van der Waals surface area contributed by atoms with Gasteiger partial charge in [-0.3, -0.25) is 9.69 Å². The van der Waals surface area contributed by atoms with E-state index in [1.54, 1.807) is 19.3 Å². The van der Waals surface area contributed by atoms with Gasteiger partial charge in [0.15, 0.2) is 0 Å². The molecule has 1 fully saturated rings. The van der Waals surface area contributed by atoms with E-state index in [1.165, 1.54) is 0 Å². The molecule has 2 N–H and O–H groups in total. The number of rotatable bonds is 4. The molecule has 1 atom stereocenters. The van der Waals surface area contributed by atoms with Crippen molar-refractivity contribution >= 4 is 5.91 Å². The fourth-order valence-corrected chi connectivity index (χ4v) is 3.14. The summed E-state index contributed by atoms with van der Waals surface area (Å²) in [5.74, 6) is 1.45. The molecule has 3 heterocycles. The maximum absolute atomic E-state index is 11.9. The van der Waals surface area contributed by atoms with Crippen LogP contribution in [0.3, 0.4) is 0 Å². The number of amides is 1. The quantitative estimate of drug-likeness (QED) is 0.890. The molecular formula is C16H22N6O. The molecule has 1 amide bonds. The van der Waals surface area contributed by atoms with Crippen LogP contribution >= 0.6 is 0 Å². The minimum absolute atomic E-state index is 0.184. The SMILES string of the molecule is CNC(=O)c1cc(C)nc([C@]2(C)CCCN2Cc2ncc[nH]2)n1. The van der Waals surface area contributed by atoms with E-state index in [1.807, 2.05) is 13.1 Å². The van der Waals surface area contributed by atoms with E-state index in [-0.39, 0.29) is 11.4 Å². The number of carbonyl (C=O) groups is 1. The first kappa shape index (κ1) is 15.6. The number of nitrogens with zero attached hydrogens (tertiary/aromatic N) is 4. The molecule has 1 aliphatic heterocycles. The Bertz CT molecular complexity index is 699. The van der Waals surface area contributed by atoms with Gasteiger partial charge in [-0.15, -0.1) is 0 Å². The highest BCUT2D eigenvalue weighted by Crippen LogP contribution is 2.37. The van der Waals surface area contributed by atoms with Crippen LogP contribution in [0.4, 0.5) is 0 Å². The van der Waals surface area contributed by atoms with Crippen LogP contribution in [-0.4, -0.2) is 44.3 Å². The summed E-state index contributed by atoms with van der Waals surface area (Å²) in [7, 11) is 1.61. The molecule has 2 aromatic heterocycles. The van der Waals surface area contributed by atoms with Gasteiger partial charge in [-0.25, -0.2) is 15.0 Å². The van der Waals surface area contributed by atoms with Gasteiger partial charge in [0.05, 0.1) is 12.1 Å². The Balaban J connectivity index is 1.94. The maximum atomic E-state index is 11.9. The number of aryl methyl sites for hydroxylation is 1. The van der Waals surface area contributed by atoms with E-state index < -0.39 is 0 Å². The molecule has 1 saturated heterocycles. The second kappa shape index (κ2) is 6.08. The van der Waals surface area contributed by atoms with Gasteiger partial charge in [-0.1, -0.05) is 0 Å². The molecule has 3 rings (SSSR count). The summed E-state index contributed by atoms with van der Waals surface area (Å²) in [5, 5.41) is 2.63. The molecule has 7 nitrogen and oxygen atoms in total. The largest absolute Gasteiger partial charge is 0.354 e. The van der Waals surface area contributed by atoms with Crippen LogP contribution < -0.4 is 5.32 Å². The van der Waals surface area contributed by atoms with E-state index in [2.05, 4.69) is 37.1 Å². The normalized spacial score (nSPS) is 21.5. The lowest BCUT2D eigenvalue weighted by Gasteiger charge is -2.33. The van der Waals surface area contributed by atoms with Crippen molar-refractivity contribution in [2.24, 2.45) is 0 Å². The Morgan fingerprint density at radius 1 is 1.48 bits per heavy atom. The standard InChI is InChI=1S/C16H22N6O/c1-11-9-12(14(23)17-3)21-15(20-11)16(2)5-4-8-22(16)10-13-18-6-7-19-13/h6-7,9H,4-5,8,10H2,1-3H3,(H,17,23)(H,18,19)/t16-/m0/s1. The number of carbonyl (C=O) groups excluding carboxylic acids is 1. The van der Waals surface area contributed by atoms with Gasteiger partial charge in [0, 0.05) is 25.1 Å². The smallest absolute Gasteiger partial charge is 0.269 e. The van der Waals surface area contributed by atoms with Crippen LogP contribution in [0.2, 0.25) is 0 Å². The molecule has 0 radical (unpaired) electrons. The van der Waals surface area contributed by atoms with Gasteiger partial charge in [0.25, 0.3) is 5.91 Å². The second-order valence-electron chi connectivity index (χ2n) is 6.13. The molecule has 0 saturated carbocycles. The van der Waals surface area contributed by atoms with Crippen molar-refractivity contribution in [3.63, 3.8) is 0 Å². The van der Waals surface area contributed by atoms with Crippen molar-refractivity contribution in [1.82, 2.24) is 30.2 Å². The third-order valence-electron chi connectivity index (χ3n) is 4.48. The molecule has 23 heavy (non-hydrogen) atoms. The van der Waals surface area contributed by atoms with Gasteiger partial charge in [0.1, 0.15) is 17.3 Å².